The van der Waals surface area contributed by atoms with Gasteiger partial charge in [0.1, 0.15) is 13.7 Å². The molecule has 0 saturated carbocycles. The molecule has 0 N–H and O–H groups in total. The monoisotopic (exact) mass is 290 g/mol. The van der Waals surface area contributed by atoms with Gasteiger partial charge < -0.3 is 0 Å². The van der Waals surface area contributed by atoms with Crippen molar-refractivity contribution in [3.63, 3.8) is 0 Å². The number of rotatable bonds is 3. The van der Waals surface area contributed by atoms with Gasteiger partial charge in [0.15, 0.2) is 0 Å². The summed E-state index contributed by atoms with van der Waals surface area (Å²) >= 11 is 0. The van der Waals surface area contributed by atoms with Crippen LogP contribution in [0.15, 0.2) is 78.9 Å². The summed E-state index contributed by atoms with van der Waals surface area (Å²) in [6.07, 6.45) is 0. The number of halogens is 1. The summed E-state index contributed by atoms with van der Waals surface area (Å²) in [7, 11) is 4.83. The van der Waals surface area contributed by atoms with E-state index in [0.29, 0.717) is 0 Å². The van der Waals surface area contributed by atoms with E-state index in [9.17, 15) is 4.39 Å². The first kappa shape index (κ1) is 14.0. The Bertz CT molecular complexity index is 689. The number of benzene rings is 3. The molecule has 0 aliphatic heterocycles. The minimum absolute atomic E-state index is 0.190. The van der Waals surface area contributed by atoms with Crippen LogP contribution in [-0.2, 0) is 0 Å². The molecule has 21 heavy (non-hydrogen) atoms. The molecule has 0 aliphatic rings. The van der Waals surface area contributed by atoms with E-state index in [2.05, 4.69) is 24.3 Å². The second kappa shape index (κ2) is 6.24. The lowest BCUT2D eigenvalue weighted by Crippen LogP contribution is -2.23. The molecular formula is C18H13BFP. The summed E-state index contributed by atoms with van der Waals surface area (Å²) in [4.78, 5) is 0. The Morgan fingerprint density at radius 1 is 0.667 bits per heavy atom. The molecule has 0 saturated heterocycles. The lowest BCUT2D eigenvalue weighted by Gasteiger charge is -2.19. The predicted molar refractivity (Wildman–Crippen MR) is 90.5 cm³/mol. The average Bonchev–Trinajstić information content (AvgIpc) is 2.53. The van der Waals surface area contributed by atoms with Crippen LogP contribution >= 0.6 is 7.92 Å². The van der Waals surface area contributed by atoms with Gasteiger partial charge in [-0.3, -0.25) is 0 Å². The van der Waals surface area contributed by atoms with E-state index in [1.165, 1.54) is 10.6 Å². The average molecular weight is 290 g/mol. The van der Waals surface area contributed by atoms with Gasteiger partial charge in [0.2, 0.25) is 0 Å². The van der Waals surface area contributed by atoms with Crippen molar-refractivity contribution in [3.05, 3.63) is 84.7 Å². The molecule has 3 aromatic rings. The van der Waals surface area contributed by atoms with Crippen LogP contribution in [0.4, 0.5) is 4.39 Å². The highest BCUT2D eigenvalue weighted by atomic mass is 31.1. The maximum Gasteiger partial charge on any atom is 0.117 e. The Kier molecular flexibility index (Phi) is 4.17. The first-order valence-corrected chi connectivity index (χ1v) is 8.05. The Labute approximate surface area is 126 Å². The Balaban J connectivity index is 2.14. The largest absolute Gasteiger partial charge is 0.208 e. The molecule has 3 aromatic carbocycles. The van der Waals surface area contributed by atoms with Crippen molar-refractivity contribution in [2.45, 2.75) is 0 Å². The van der Waals surface area contributed by atoms with E-state index >= 15 is 0 Å². The summed E-state index contributed by atoms with van der Waals surface area (Å²) in [6.45, 7) is 0. The third-order valence-corrected chi connectivity index (χ3v) is 5.69. The number of hydrogen-bond donors (Lipinski definition) is 0. The Hall–Kier alpha value is -1.92. The highest BCUT2D eigenvalue weighted by Gasteiger charge is 2.16. The minimum Gasteiger partial charge on any atom is -0.208 e. The van der Waals surface area contributed by atoms with Gasteiger partial charge in [-0.15, -0.1) is 0 Å². The van der Waals surface area contributed by atoms with Crippen LogP contribution < -0.4 is 21.4 Å². The number of hydrogen-bond acceptors (Lipinski definition) is 0. The van der Waals surface area contributed by atoms with Crippen molar-refractivity contribution in [1.82, 2.24) is 0 Å². The molecule has 0 atom stereocenters. The van der Waals surface area contributed by atoms with E-state index in [0.717, 1.165) is 5.30 Å². The van der Waals surface area contributed by atoms with E-state index in [-0.39, 0.29) is 11.3 Å². The van der Waals surface area contributed by atoms with E-state index in [1.807, 2.05) is 42.5 Å². The summed E-state index contributed by atoms with van der Waals surface area (Å²) in [5, 5.41) is 3.36. The molecule has 0 amide bonds. The van der Waals surface area contributed by atoms with Crippen LogP contribution in [0.3, 0.4) is 0 Å². The molecule has 100 valence electrons. The molecule has 0 unspecified atom stereocenters. The first-order valence-electron chi connectivity index (χ1n) is 6.71. The predicted octanol–water partition coefficient (Wildman–Crippen LogP) is 2.38. The van der Waals surface area contributed by atoms with Gasteiger partial charge in [-0.2, -0.15) is 0 Å². The van der Waals surface area contributed by atoms with Crippen molar-refractivity contribution < 1.29 is 4.39 Å². The topological polar surface area (TPSA) is 0 Å². The van der Waals surface area contributed by atoms with Crippen molar-refractivity contribution >= 4 is 37.1 Å². The zero-order valence-electron chi connectivity index (χ0n) is 11.4. The molecule has 0 heterocycles. The van der Waals surface area contributed by atoms with Gasteiger partial charge >= 0.3 is 0 Å². The van der Waals surface area contributed by atoms with Gasteiger partial charge in [-0.1, -0.05) is 78.3 Å². The molecule has 3 rings (SSSR count). The van der Waals surface area contributed by atoms with Crippen LogP contribution in [-0.4, -0.2) is 7.85 Å². The molecular weight excluding hydrogens is 277 g/mol. The molecule has 0 fully saturated rings. The third-order valence-electron chi connectivity index (χ3n) is 3.27. The standard InChI is InChI=1S/C18H13BFP/c19-17-12-11-16(13-18(17)20)21(14-7-3-1-4-8-14)15-9-5-2-6-10-15/h1-13H. The van der Waals surface area contributed by atoms with Crippen LogP contribution in [0.1, 0.15) is 0 Å². The van der Waals surface area contributed by atoms with Gasteiger partial charge in [0, 0.05) is 0 Å². The maximum atomic E-state index is 13.9. The van der Waals surface area contributed by atoms with Crippen molar-refractivity contribution in [3.8, 4) is 0 Å². The van der Waals surface area contributed by atoms with Crippen LogP contribution in [0, 0.1) is 5.82 Å². The van der Waals surface area contributed by atoms with E-state index in [1.54, 1.807) is 12.1 Å². The Morgan fingerprint density at radius 2 is 1.19 bits per heavy atom. The fraction of sp³-hybridized carbons (Fsp3) is 0. The summed E-state index contributed by atoms with van der Waals surface area (Å²) in [6, 6.07) is 25.5. The highest BCUT2D eigenvalue weighted by Crippen LogP contribution is 2.32. The molecule has 0 bridgehead atoms. The van der Waals surface area contributed by atoms with Crippen molar-refractivity contribution in [2.24, 2.45) is 0 Å². The maximum absolute atomic E-state index is 13.9. The highest BCUT2D eigenvalue weighted by molar-refractivity contribution is 7.79. The minimum atomic E-state index is -0.770. The van der Waals surface area contributed by atoms with Gasteiger partial charge in [0.05, 0.1) is 0 Å². The summed E-state index contributed by atoms with van der Waals surface area (Å²) in [5.74, 6) is -0.355. The van der Waals surface area contributed by atoms with Crippen LogP contribution in [0.2, 0.25) is 0 Å². The van der Waals surface area contributed by atoms with Crippen molar-refractivity contribution in [2.75, 3.05) is 0 Å². The fourth-order valence-corrected chi connectivity index (χ4v) is 4.56. The molecule has 0 nitrogen and oxygen atoms in total. The smallest absolute Gasteiger partial charge is 0.117 e. The lowest BCUT2D eigenvalue weighted by atomic mass is 9.96. The van der Waals surface area contributed by atoms with E-state index in [4.69, 9.17) is 7.85 Å². The Morgan fingerprint density at radius 3 is 1.67 bits per heavy atom. The third kappa shape index (κ3) is 3.06. The van der Waals surface area contributed by atoms with Crippen LogP contribution in [0.5, 0.6) is 0 Å². The quantitative estimate of drug-likeness (QED) is 0.513. The fourth-order valence-electron chi connectivity index (χ4n) is 2.26. The SMILES string of the molecule is [B]c1ccc(P(c2ccccc2)c2ccccc2)cc1F. The normalized spacial score (nSPS) is 10.8. The zero-order chi connectivity index (χ0) is 14.7. The lowest BCUT2D eigenvalue weighted by molar-refractivity contribution is 0.637. The first-order chi connectivity index (χ1) is 10.3. The van der Waals surface area contributed by atoms with Gasteiger partial charge in [-0.25, -0.2) is 4.39 Å². The summed E-state index contributed by atoms with van der Waals surface area (Å²) in [5.41, 5.74) is 0.190. The van der Waals surface area contributed by atoms with Crippen molar-refractivity contribution in [1.29, 1.82) is 0 Å². The summed E-state index contributed by atoms with van der Waals surface area (Å²) < 4.78 is 13.9. The molecule has 0 aromatic heterocycles. The molecule has 2 radical (unpaired) electrons. The zero-order valence-corrected chi connectivity index (χ0v) is 12.3. The van der Waals surface area contributed by atoms with Crippen LogP contribution in [0.25, 0.3) is 0 Å². The van der Waals surface area contributed by atoms with Gasteiger partial charge in [-0.05, 0) is 29.9 Å². The van der Waals surface area contributed by atoms with Gasteiger partial charge in [0.25, 0.3) is 0 Å². The molecule has 0 aliphatic carbocycles. The second-order valence-electron chi connectivity index (χ2n) is 4.71. The second-order valence-corrected chi connectivity index (χ2v) is 6.93. The molecule has 0 spiro atoms. The molecule has 3 heteroatoms. The van der Waals surface area contributed by atoms with E-state index < -0.39 is 7.92 Å².